The summed E-state index contributed by atoms with van der Waals surface area (Å²) in [7, 11) is 0. The number of hydrogen-bond acceptors (Lipinski definition) is 2. The molecule has 0 N–H and O–H groups in total. The summed E-state index contributed by atoms with van der Waals surface area (Å²) in [5.41, 5.74) is 4.64. The van der Waals surface area contributed by atoms with Crippen LogP contribution >= 0.6 is 0 Å². The van der Waals surface area contributed by atoms with Gasteiger partial charge in [0.05, 0.1) is 11.8 Å². The molecule has 0 saturated carbocycles. The molecule has 0 amide bonds. The Hall–Kier alpha value is -2.19. The van der Waals surface area contributed by atoms with Gasteiger partial charge >= 0.3 is 0 Å². The molecule has 1 atom stereocenters. The quantitative estimate of drug-likeness (QED) is 0.271. The molecule has 0 fully saturated rings. The highest BCUT2D eigenvalue weighted by atomic mass is 16.5. The molecule has 2 aromatic rings. The minimum absolute atomic E-state index is 0.362. The highest BCUT2D eigenvalue weighted by molar-refractivity contribution is 5.63. The van der Waals surface area contributed by atoms with Crippen molar-refractivity contribution in [1.82, 2.24) is 4.98 Å². The first-order valence-electron chi connectivity index (χ1n) is 10.7. The predicted octanol–water partition coefficient (Wildman–Crippen LogP) is 7.26. The topological polar surface area (TPSA) is 22.1 Å². The molecule has 0 saturated heterocycles. The summed E-state index contributed by atoms with van der Waals surface area (Å²) in [6.07, 6.45) is 16.5. The molecule has 1 unspecified atom stereocenters. The summed E-state index contributed by atoms with van der Waals surface area (Å²) in [5.74, 6) is 0. The van der Waals surface area contributed by atoms with E-state index in [2.05, 4.69) is 74.0 Å². The van der Waals surface area contributed by atoms with Crippen LogP contribution in [0.25, 0.3) is 17.2 Å². The molecule has 0 bridgehead atoms. The van der Waals surface area contributed by atoms with E-state index in [4.69, 9.17) is 4.74 Å². The lowest BCUT2D eigenvalue weighted by Crippen LogP contribution is -2.08. The Bertz CT molecular complexity index is 700. The zero-order valence-corrected chi connectivity index (χ0v) is 17.6. The average molecular weight is 378 g/mol. The summed E-state index contributed by atoms with van der Waals surface area (Å²) in [6, 6.07) is 12.8. The van der Waals surface area contributed by atoms with Crippen molar-refractivity contribution in [3.8, 4) is 11.1 Å². The number of unbranched alkanes of at least 4 members (excludes halogenated alkanes) is 3. The molecule has 2 rings (SSSR count). The van der Waals surface area contributed by atoms with Gasteiger partial charge in [-0.1, -0.05) is 62.2 Å². The Balaban J connectivity index is 1.72. The van der Waals surface area contributed by atoms with Crippen molar-refractivity contribution in [1.29, 1.82) is 0 Å². The Morgan fingerprint density at radius 2 is 1.82 bits per heavy atom. The fraction of sp³-hybridized carbons (Fsp3) is 0.423. The number of rotatable bonds is 13. The van der Waals surface area contributed by atoms with Crippen molar-refractivity contribution >= 4 is 6.08 Å². The number of ether oxygens (including phenoxy) is 1. The van der Waals surface area contributed by atoms with Gasteiger partial charge in [0.1, 0.15) is 0 Å². The van der Waals surface area contributed by atoms with Crippen LogP contribution in [-0.4, -0.2) is 17.7 Å². The first-order valence-corrected chi connectivity index (χ1v) is 10.7. The van der Waals surface area contributed by atoms with Gasteiger partial charge in [-0.2, -0.15) is 0 Å². The normalized spacial score (nSPS) is 12.4. The van der Waals surface area contributed by atoms with E-state index in [-0.39, 0.29) is 0 Å². The number of nitrogens with zero attached hydrogens (tertiary/aromatic N) is 1. The van der Waals surface area contributed by atoms with Gasteiger partial charge in [-0.05, 0) is 62.3 Å². The number of pyridine rings is 1. The third-order valence-corrected chi connectivity index (χ3v) is 4.87. The van der Waals surface area contributed by atoms with E-state index in [1.807, 2.05) is 12.3 Å². The molecule has 1 aromatic carbocycles. The van der Waals surface area contributed by atoms with E-state index in [1.54, 1.807) is 0 Å². The Labute approximate surface area is 171 Å². The molecule has 1 heterocycles. The number of allylic oxidation sites excluding steroid dienone is 2. The lowest BCUT2D eigenvalue weighted by molar-refractivity contribution is 0.0566. The summed E-state index contributed by atoms with van der Waals surface area (Å²) in [4.78, 5) is 4.58. The van der Waals surface area contributed by atoms with Crippen LogP contribution in [-0.2, 0) is 11.2 Å². The lowest BCUT2D eigenvalue weighted by atomic mass is 10.0. The standard InChI is InChI=1S/C26H35NO/c1-4-6-10-20-28-22(3)12-8-7-9-13-26-19-18-25(21-27-26)24-16-14-23(11-5-2)15-17-24/h5,9,13-19,21-22H,2,4,6-8,10-12,20H2,1,3H3. The largest absolute Gasteiger partial charge is 0.379 e. The molecule has 0 spiro atoms. The zero-order chi connectivity index (χ0) is 20.0. The fourth-order valence-corrected chi connectivity index (χ4v) is 3.12. The Morgan fingerprint density at radius 3 is 2.50 bits per heavy atom. The van der Waals surface area contributed by atoms with Gasteiger partial charge < -0.3 is 4.74 Å². The molecule has 0 aliphatic carbocycles. The number of aromatic nitrogens is 1. The summed E-state index contributed by atoms with van der Waals surface area (Å²) >= 11 is 0. The summed E-state index contributed by atoms with van der Waals surface area (Å²) in [6.45, 7) is 9.09. The molecule has 2 heteroatoms. The van der Waals surface area contributed by atoms with Crippen LogP contribution in [0.5, 0.6) is 0 Å². The molecule has 2 nitrogen and oxygen atoms in total. The van der Waals surface area contributed by atoms with Crippen molar-refractivity contribution < 1.29 is 4.74 Å². The molecule has 0 radical (unpaired) electrons. The van der Waals surface area contributed by atoms with Crippen LogP contribution in [0.15, 0.2) is 61.3 Å². The van der Waals surface area contributed by atoms with Crippen molar-refractivity contribution in [3.05, 3.63) is 72.6 Å². The van der Waals surface area contributed by atoms with Crippen LogP contribution < -0.4 is 0 Å². The highest BCUT2D eigenvalue weighted by Crippen LogP contribution is 2.20. The van der Waals surface area contributed by atoms with Gasteiger partial charge in [-0.25, -0.2) is 0 Å². The molecule has 150 valence electrons. The maximum absolute atomic E-state index is 5.84. The monoisotopic (exact) mass is 377 g/mol. The molecule has 1 aromatic heterocycles. The van der Waals surface area contributed by atoms with Gasteiger partial charge in [-0.15, -0.1) is 6.58 Å². The zero-order valence-electron chi connectivity index (χ0n) is 17.6. The van der Waals surface area contributed by atoms with Crippen molar-refractivity contribution in [2.45, 2.75) is 64.9 Å². The number of hydrogen-bond donors (Lipinski definition) is 0. The Kier molecular flexibility index (Phi) is 10.3. The lowest BCUT2D eigenvalue weighted by Gasteiger charge is -2.11. The summed E-state index contributed by atoms with van der Waals surface area (Å²) in [5, 5.41) is 0. The van der Waals surface area contributed by atoms with Gasteiger partial charge in [0.2, 0.25) is 0 Å². The van der Waals surface area contributed by atoms with Crippen LogP contribution in [0.3, 0.4) is 0 Å². The van der Waals surface area contributed by atoms with Crippen molar-refractivity contribution in [2.75, 3.05) is 6.61 Å². The predicted molar refractivity (Wildman–Crippen MR) is 121 cm³/mol. The molecular formula is C26H35NO. The van der Waals surface area contributed by atoms with E-state index < -0.39 is 0 Å². The van der Waals surface area contributed by atoms with E-state index in [0.717, 1.165) is 43.5 Å². The van der Waals surface area contributed by atoms with Crippen molar-refractivity contribution in [3.63, 3.8) is 0 Å². The second-order valence-corrected chi connectivity index (χ2v) is 7.38. The fourth-order valence-electron chi connectivity index (χ4n) is 3.12. The highest BCUT2D eigenvalue weighted by Gasteiger charge is 2.01. The molecular weight excluding hydrogens is 342 g/mol. The van der Waals surface area contributed by atoms with Crippen LogP contribution in [0.2, 0.25) is 0 Å². The molecule has 0 aliphatic heterocycles. The van der Waals surface area contributed by atoms with Gasteiger partial charge in [0.15, 0.2) is 0 Å². The van der Waals surface area contributed by atoms with E-state index >= 15 is 0 Å². The SMILES string of the molecule is C=CCc1ccc(-c2ccc(C=CCCCC(C)OCCCCC)nc2)cc1. The smallest absolute Gasteiger partial charge is 0.0626 e. The first kappa shape index (κ1) is 22.1. The van der Waals surface area contributed by atoms with E-state index in [9.17, 15) is 0 Å². The third kappa shape index (κ3) is 8.22. The van der Waals surface area contributed by atoms with E-state index in [1.165, 1.54) is 30.4 Å². The first-order chi connectivity index (χ1) is 13.7. The maximum atomic E-state index is 5.84. The molecule has 0 aliphatic rings. The van der Waals surface area contributed by atoms with Gasteiger partial charge in [0, 0.05) is 18.4 Å². The second-order valence-electron chi connectivity index (χ2n) is 7.38. The Morgan fingerprint density at radius 1 is 1.04 bits per heavy atom. The summed E-state index contributed by atoms with van der Waals surface area (Å²) < 4.78 is 5.84. The van der Waals surface area contributed by atoms with Crippen LogP contribution in [0, 0.1) is 0 Å². The maximum Gasteiger partial charge on any atom is 0.0626 e. The number of benzene rings is 1. The van der Waals surface area contributed by atoms with E-state index in [0.29, 0.717) is 6.10 Å². The molecule has 28 heavy (non-hydrogen) atoms. The average Bonchev–Trinajstić information content (AvgIpc) is 2.72. The minimum atomic E-state index is 0.362. The van der Waals surface area contributed by atoms with Crippen LogP contribution in [0.1, 0.15) is 63.6 Å². The van der Waals surface area contributed by atoms with Crippen molar-refractivity contribution in [2.24, 2.45) is 0 Å². The van der Waals surface area contributed by atoms with Crippen LogP contribution in [0.4, 0.5) is 0 Å². The second kappa shape index (κ2) is 13.1. The minimum Gasteiger partial charge on any atom is -0.379 e. The van der Waals surface area contributed by atoms with Gasteiger partial charge in [-0.3, -0.25) is 4.98 Å². The third-order valence-electron chi connectivity index (χ3n) is 4.87. The van der Waals surface area contributed by atoms with Gasteiger partial charge in [0.25, 0.3) is 0 Å².